The number of esters is 1. The molecule has 0 saturated carbocycles. The van der Waals surface area contributed by atoms with Gasteiger partial charge >= 0.3 is 5.97 Å². The van der Waals surface area contributed by atoms with E-state index in [2.05, 4.69) is 11.9 Å². The number of hydrogen-bond donors (Lipinski definition) is 1. The Morgan fingerprint density at radius 3 is 2.26 bits per heavy atom. The van der Waals surface area contributed by atoms with E-state index in [4.69, 9.17) is 4.74 Å². The van der Waals surface area contributed by atoms with Crippen molar-refractivity contribution < 1.29 is 19.1 Å². The van der Waals surface area contributed by atoms with E-state index in [1.54, 1.807) is 6.92 Å². The molecule has 0 aliphatic rings. The highest BCUT2D eigenvalue weighted by Gasteiger charge is 2.05. The molecule has 0 saturated heterocycles. The Morgan fingerprint density at radius 1 is 1.21 bits per heavy atom. The van der Waals surface area contributed by atoms with Gasteiger partial charge in [0.05, 0.1) is 6.54 Å². The van der Waals surface area contributed by atoms with Gasteiger partial charge in [0, 0.05) is 17.7 Å². The number of hydrogen-bond acceptors (Lipinski definition) is 5. The third kappa shape index (κ3) is 14.6. The van der Waals surface area contributed by atoms with Crippen LogP contribution in [0.1, 0.15) is 34.1 Å². The van der Waals surface area contributed by atoms with Crippen LogP contribution >= 0.6 is 11.8 Å². The number of carbonyl (C=O) groups excluding carboxylic acids is 3. The van der Waals surface area contributed by atoms with E-state index >= 15 is 0 Å². The minimum absolute atomic E-state index is 0.0562. The van der Waals surface area contributed by atoms with Crippen LogP contribution in [0.3, 0.4) is 0 Å². The molecule has 6 heteroatoms. The lowest BCUT2D eigenvalue weighted by molar-refractivity contribution is -0.138. The van der Waals surface area contributed by atoms with Crippen molar-refractivity contribution >= 4 is 28.8 Å². The first-order valence-corrected chi connectivity index (χ1v) is 7.14. The maximum atomic E-state index is 11.2. The molecule has 0 unspecified atom stereocenters. The van der Waals surface area contributed by atoms with Gasteiger partial charge in [-0.2, -0.15) is 0 Å². The number of carbonyl (C=O) groups is 3. The molecule has 0 aliphatic heterocycles. The van der Waals surface area contributed by atoms with Crippen molar-refractivity contribution in [2.75, 3.05) is 18.9 Å². The topological polar surface area (TPSA) is 72.5 Å². The first kappa shape index (κ1) is 20.0. The Balaban J connectivity index is 0. The van der Waals surface area contributed by atoms with Crippen LogP contribution in [0, 0.1) is 0 Å². The van der Waals surface area contributed by atoms with Crippen molar-refractivity contribution in [3.05, 3.63) is 12.2 Å². The van der Waals surface area contributed by atoms with E-state index in [0.29, 0.717) is 17.7 Å². The van der Waals surface area contributed by atoms with Crippen LogP contribution in [0.25, 0.3) is 0 Å². The molecule has 0 aromatic rings. The van der Waals surface area contributed by atoms with Crippen LogP contribution in [-0.2, 0) is 14.3 Å². The first-order chi connectivity index (χ1) is 8.93. The summed E-state index contributed by atoms with van der Waals surface area (Å²) in [5.41, 5.74) is 0.326. The number of Topliss-reactive ketones (excluding diaryl/α,β-unsaturated/α-hetero) is 1. The molecule has 1 N–H and O–H groups in total. The minimum Gasteiger partial charge on any atom is -0.460 e. The van der Waals surface area contributed by atoms with Gasteiger partial charge in [0.1, 0.15) is 12.4 Å². The SMILES string of the molecule is C=C(C)C(=O)OCCNC(=O)SCCC(C)=O.CC. The van der Waals surface area contributed by atoms with Crippen LogP contribution in [0.4, 0.5) is 4.79 Å². The van der Waals surface area contributed by atoms with Crippen molar-refractivity contribution in [2.24, 2.45) is 0 Å². The van der Waals surface area contributed by atoms with Crippen molar-refractivity contribution in [3.8, 4) is 0 Å². The van der Waals surface area contributed by atoms with Gasteiger partial charge in [-0.25, -0.2) is 4.79 Å². The molecule has 0 heterocycles. The second-order valence-electron chi connectivity index (χ2n) is 3.43. The fraction of sp³-hybridized carbons (Fsp3) is 0.615. The molecule has 0 rings (SSSR count). The lowest BCUT2D eigenvalue weighted by atomic mass is 10.4. The number of ketones is 1. The van der Waals surface area contributed by atoms with Crippen molar-refractivity contribution in [3.63, 3.8) is 0 Å². The molecule has 0 aliphatic carbocycles. The van der Waals surface area contributed by atoms with Crippen molar-refractivity contribution in [1.82, 2.24) is 5.32 Å². The molecular weight excluding hydrogens is 266 g/mol. The Labute approximate surface area is 119 Å². The summed E-state index contributed by atoms with van der Waals surface area (Å²) < 4.78 is 4.78. The predicted molar refractivity (Wildman–Crippen MR) is 78.3 cm³/mol. The molecular formula is C13H23NO4S. The van der Waals surface area contributed by atoms with Gasteiger partial charge in [0.25, 0.3) is 5.24 Å². The second kappa shape index (κ2) is 13.1. The summed E-state index contributed by atoms with van der Waals surface area (Å²) in [6.45, 7) is 10.8. The number of nitrogens with one attached hydrogen (secondary N) is 1. The molecule has 0 aromatic carbocycles. The highest BCUT2D eigenvalue weighted by Crippen LogP contribution is 2.03. The zero-order valence-electron chi connectivity index (χ0n) is 12.1. The summed E-state index contributed by atoms with van der Waals surface area (Å²) in [5.74, 6) is 0.0522. The van der Waals surface area contributed by atoms with E-state index in [9.17, 15) is 14.4 Å². The fourth-order valence-corrected chi connectivity index (χ4v) is 1.54. The largest absolute Gasteiger partial charge is 0.460 e. The van der Waals surface area contributed by atoms with Gasteiger partial charge < -0.3 is 10.1 Å². The summed E-state index contributed by atoms with van der Waals surface area (Å²) in [7, 11) is 0. The van der Waals surface area contributed by atoms with Crippen LogP contribution < -0.4 is 5.32 Å². The van der Waals surface area contributed by atoms with Crippen molar-refractivity contribution in [2.45, 2.75) is 34.1 Å². The summed E-state index contributed by atoms with van der Waals surface area (Å²) in [5, 5.41) is 2.33. The highest BCUT2D eigenvalue weighted by molar-refractivity contribution is 8.13. The van der Waals surface area contributed by atoms with Gasteiger partial charge in [0.15, 0.2) is 0 Å². The lowest BCUT2D eigenvalue weighted by Crippen LogP contribution is -2.25. The van der Waals surface area contributed by atoms with Gasteiger partial charge in [-0.3, -0.25) is 9.59 Å². The number of ether oxygens (including phenoxy) is 1. The van der Waals surface area contributed by atoms with Crippen LogP contribution in [0.15, 0.2) is 12.2 Å². The maximum absolute atomic E-state index is 11.2. The third-order valence-electron chi connectivity index (χ3n) is 1.64. The average Bonchev–Trinajstić information content (AvgIpc) is 2.36. The fourth-order valence-electron chi connectivity index (χ4n) is 0.759. The lowest BCUT2D eigenvalue weighted by Gasteiger charge is -2.05. The number of amides is 1. The van der Waals surface area contributed by atoms with E-state index in [0.717, 1.165) is 11.8 Å². The van der Waals surface area contributed by atoms with Crippen LogP contribution in [0.5, 0.6) is 0 Å². The number of thioether (sulfide) groups is 1. The third-order valence-corrected chi connectivity index (χ3v) is 2.46. The van der Waals surface area contributed by atoms with Crippen molar-refractivity contribution in [1.29, 1.82) is 0 Å². The van der Waals surface area contributed by atoms with Gasteiger partial charge in [0.2, 0.25) is 0 Å². The smallest absolute Gasteiger partial charge is 0.333 e. The van der Waals surface area contributed by atoms with Gasteiger partial charge in [-0.15, -0.1) is 0 Å². The number of rotatable bonds is 7. The second-order valence-corrected chi connectivity index (χ2v) is 4.50. The average molecular weight is 289 g/mol. The molecule has 0 bridgehead atoms. The molecule has 0 fully saturated rings. The van der Waals surface area contributed by atoms with Crippen LogP contribution in [0.2, 0.25) is 0 Å². The Morgan fingerprint density at radius 2 is 1.79 bits per heavy atom. The van der Waals surface area contributed by atoms with E-state index in [-0.39, 0.29) is 24.2 Å². The zero-order valence-corrected chi connectivity index (χ0v) is 12.9. The van der Waals surface area contributed by atoms with Gasteiger partial charge in [-0.1, -0.05) is 32.2 Å². The first-order valence-electron chi connectivity index (χ1n) is 6.16. The Hall–Kier alpha value is -1.30. The maximum Gasteiger partial charge on any atom is 0.333 e. The molecule has 0 spiro atoms. The normalized spacial score (nSPS) is 8.84. The molecule has 0 radical (unpaired) electrons. The minimum atomic E-state index is -0.469. The van der Waals surface area contributed by atoms with E-state index < -0.39 is 5.97 Å². The summed E-state index contributed by atoms with van der Waals surface area (Å²) in [4.78, 5) is 32.8. The monoisotopic (exact) mass is 289 g/mol. The Kier molecular flexibility index (Phi) is 13.8. The standard InChI is InChI=1S/C11H17NO4S.C2H6/c1-8(2)10(14)16-6-5-12-11(15)17-7-4-9(3)13;1-2/h1,4-7H2,2-3H3,(H,12,15);1-2H3. The quantitative estimate of drug-likeness (QED) is 0.443. The predicted octanol–water partition coefficient (Wildman–Crippen LogP) is 2.55. The van der Waals surface area contributed by atoms with Crippen LogP contribution in [-0.4, -0.2) is 35.9 Å². The molecule has 0 atom stereocenters. The molecule has 19 heavy (non-hydrogen) atoms. The summed E-state index contributed by atoms with van der Waals surface area (Å²) in [6, 6.07) is 0. The molecule has 110 valence electrons. The van der Waals surface area contributed by atoms with E-state index in [1.165, 1.54) is 6.92 Å². The zero-order chi connectivity index (χ0) is 15.3. The molecule has 1 amide bonds. The van der Waals surface area contributed by atoms with Gasteiger partial charge in [-0.05, 0) is 13.8 Å². The highest BCUT2D eigenvalue weighted by atomic mass is 32.2. The molecule has 0 aromatic heterocycles. The molecule has 5 nitrogen and oxygen atoms in total. The Bertz CT molecular complexity index is 316. The summed E-state index contributed by atoms with van der Waals surface area (Å²) >= 11 is 1.04. The summed E-state index contributed by atoms with van der Waals surface area (Å²) in [6.07, 6.45) is 0.378. The van der Waals surface area contributed by atoms with E-state index in [1.807, 2.05) is 13.8 Å².